The molecule has 2 aromatic rings. The van der Waals surface area contributed by atoms with Crippen LogP contribution in [0.1, 0.15) is 13.8 Å². The van der Waals surface area contributed by atoms with Crippen molar-refractivity contribution in [1.29, 1.82) is 0 Å². The molecule has 1 N–H and O–H groups in total. The van der Waals surface area contributed by atoms with Gasteiger partial charge in [-0.25, -0.2) is 9.97 Å². The van der Waals surface area contributed by atoms with Gasteiger partial charge in [0.1, 0.15) is 10.3 Å². The Bertz CT molecular complexity index is 337. The van der Waals surface area contributed by atoms with Crippen LogP contribution in [0, 0.1) is 0 Å². The predicted octanol–water partition coefficient (Wildman–Crippen LogP) is 2.76. The van der Waals surface area contributed by atoms with E-state index in [4.69, 9.17) is 0 Å². The summed E-state index contributed by atoms with van der Waals surface area (Å²) in [6.45, 7) is 4.00. The number of hydrogen-bond acceptors (Lipinski definition) is 4. The summed E-state index contributed by atoms with van der Waals surface area (Å²) in [6, 6.07) is 3.85. The lowest BCUT2D eigenvalue weighted by Gasteiger charge is -1.84. The fourth-order valence-corrected chi connectivity index (χ4v) is 1.64. The topological polar surface area (TPSA) is 37.8 Å². The second-order valence-corrected chi connectivity index (χ2v) is 3.07. The van der Waals surface area contributed by atoms with E-state index in [9.17, 15) is 0 Å². The summed E-state index contributed by atoms with van der Waals surface area (Å²) >= 11 is 1.56. The Balaban J connectivity index is 0.000000396. The smallest absolute Gasteiger partial charge is 0.185 e. The van der Waals surface area contributed by atoms with Gasteiger partial charge >= 0.3 is 0 Å². The standard InChI is InChI=1S/C7H7N3S.C2H6/c1-8-7-10-5-3-2-4-9-6(5)11-7;1-2/h2-4H,1H3,(H,8,10);1-2H3. The maximum atomic E-state index is 4.28. The van der Waals surface area contributed by atoms with E-state index in [-0.39, 0.29) is 0 Å². The van der Waals surface area contributed by atoms with Gasteiger partial charge in [0.05, 0.1) is 0 Å². The van der Waals surface area contributed by atoms with Gasteiger partial charge in [-0.1, -0.05) is 25.2 Å². The summed E-state index contributed by atoms with van der Waals surface area (Å²) in [5, 5.41) is 3.90. The highest BCUT2D eigenvalue weighted by molar-refractivity contribution is 7.21. The molecule has 0 unspecified atom stereocenters. The highest BCUT2D eigenvalue weighted by Gasteiger charge is 1.99. The molecule has 0 aliphatic carbocycles. The van der Waals surface area contributed by atoms with E-state index >= 15 is 0 Å². The van der Waals surface area contributed by atoms with Gasteiger partial charge in [0.15, 0.2) is 5.13 Å². The summed E-state index contributed by atoms with van der Waals surface area (Å²) < 4.78 is 0. The number of aromatic nitrogens is 2. The van der Waals surface area contributed by atoms with Gasteiger partial charge in [-0.15, -0.1) is 0 Å². The number of rotatable bonds is 1. The lowest BCUT2D eigenvalue weighted by Crippen LogP contribution is -1.83. The summed E-state index contributed by atoms with van der Waals surface area (Å²) in [4.78, 5) is 9.43. The monoisotopic (exact) mass is 195 g/mol. The lowest BCUT2D eigenvalue weighted by molar-refractivity contribution is 1.38. The van der Waals surface area contributed by atoms with Crippen molar-refractivity contribution in [3.8, 4) is 0 Å². The summed E-state index contributed by atoms with van der Waals surface area (Å²) in [5.41, 5.74) is 0.960. The van der Waals surface area contributed by atoms with Crippen molar-refractivity contribution in [1.82, 2.24) is 9.97 Å². The summed E-state index contributed by atoms with van der Waals surface area (Å²) in [7, 11) is 1.86. The van der Waals surface area contributed by atoms with Crippen molar-refractivity contribution in [2.24, 2.45) is 0 Å². The van der Waals surface area contributed by atoms with E-state index in [0.29, 0.717) is 0 Å². The fraction of sp³-hybridized carbons (Fsp3) is 0.333. The zero-order chi connectivity index (χ0) is 9.68. The van der Waals surface area contributed by atoms with Crippen LogP contribution in [0.3, 0.4) is 0 Å². The molecule has 3 nitrogen and oxygen atoms in total. The zero-order valence-electron chi connectivity index (χ0n) is 8.03. The van der Waals surface area contributed by atoms with Crippen LogP contribution < -0.4 is 5.32 Å². The summed E-state index contributed by atoms with van der Waals surface area (Å²) in [5.74, 6) is 0. The number of fused-ring (bicyclic) bond motifs is 1. The highest BCUT2D eigenvalue weighted by atomic mass is 32.1. The minimum atomic E-state index is 0.915. The highest BCUT2D eigenvalue weighted by Crippen LogP contribution is 2.22. The van der Waals surface area contributed by atoms with Gasteiger partial charge < -0.3 is 5.32 Å². The number of anilines is 1. The van der Waals surface area contributed by atoms with Gasteiger partial charge in [0, 0.05) is 13.2 Å². The summed E-state index contributed by atoms with van der Waals surface area (Å²) in [6.07, 6.45) is 1.78. The quantitative estimate of drug-likeness (QED) is 0.760. The van der Waals surface area contributed by atoms with Crippen molar-refractivity contribution in [3.63, 3.8) is 0 Å². The average Bonchev–Trinajstić information content (AvgIpc) is 2.63. The van der Waals surface area contributed by atoms with Crippen LogP contribution >= 0.6 is 11.3 Å². The molecule has 4 heteroatoms. The van der Waals surface area contributed by atoms with Gasteiger partial charge in [0.25, 0.3) is 0 Å². The van der Waals surface area contributed by atoms with Crippen molar-refractivity contribution in [2.45, 2.75) is 13.8 Å². The molecule has 2 heterocycles. The van der Waals surface area contributed by atoms with Gasteiger partial charge in [0.2, 0.25) is 0 Å². The van der Waals surface area contributed by atoms with E-state index in [0.717, 1.165) is 15.5 Å². The van der Waals surface area contributed by atoms with Crippen LogP contribution in [0.2, 0.25) is 0 Å². The van der Waals surface area contributed by atoms with Crippen LogP contribution in [-0.4, -0.2) is 17.0 Å². The number of thiazole rings is 1. The number of nitrogens with one attached hydrogen (secondary N) is 1. The molecule has 0 aliphatic heterocycles. The first-order chi connectivity index (χ1) is 6.40. The van der Waals surface area contributed by atoms with E-state index in [1.807, 2.05) is 33.0 Å². The fourth-order valence-electron chi connectivity index (χ4n) is 0.877. The molecule has 0 amide bonds. The zero-order valence-corrected chi connectivity index (χ0v) is 8.85. The molecule has 0 saturated heterocycles. The van der Waals surface area contributed by atoms with Crippen LogP contribution in [0.4, 0.5) is 5.13 Å². The molecule has 0 aromatic carbocycles. The third-order valence-electron chi connectivity index (χ3n) is 1.38. The van der Waals surface area contributed by atoms with E-state index in [1.54, 1.807) is 17.5 Å². The van der Waals surface area contributed by atoms with Crippen molar-refractivity contribution in [2.75, 3.05) is 12.4 Å². The number of hydrogen-bond donors (Lipinski definition) is 1. The second-order valence-electron chi connectivity index (χ2n) is 2.10. The molecule has 0 atom stereocenters. The van der Waals surface area contributed by atoms with Crippen LogP contribution in [-0.2, 0) is 0 Å². The second kappa shape index (κ2) is 4.77. The minimum Gasteiger partial charge on any atom is -0.365 e. The van der Waals surface area contributed by atoms with E-state index < -0.39 is 0 Å². The normalized spacial score (nSPS) is 9.15. The first kappa shape index (κ1) is 9.92. The van der Waals surface area contributed by atoms with Gasteiger partial charge in [-0.3, -0.25) is 0 Å². The van der Waals surface area contributed by atoms with Gasteiger partial charge in [-0.05, 0) is 12.1 Å². The molecular weight excluding hydrogens is 182 g/mol. The van der Waals surface area contributed by atoms with Crippen LogP contribution in [0.25, 0.3) is 10.3 Å². The average molecular weight is 195 g/mol. The van der Waals surface area contributed by atoms with Crippen molar-refractivity contribution >= 4 is 26.8 Å². The Hall–Kier alpha value is -1.16. The third-order valence-corrected chi connectivity index (χ3v) is 2.38. The number of nitrogens with zero attached hydrogens (tertiary/aromatic N) is 2. The molecule has 0 saturated carbocycles. The minimum absolute atomic E-state index is 0.915. The molecule has 0 bridgehead atoms. The van der Waals surface area contributed by atoms with Crippen LogP contribution in [0.15, 0.2) is 18.3 Å². The largest absolute Gasteiger partial charge is 0.365 e. The maximum absolute atomic E-state index is 4.28. The van der Waals surface area contributed by atoms with E-state index in [1.165, 1.54) is 0 Å². The Kier molecular flexibility index (Phi) is 3.64. The third kappa shape index (κ3) is 2.15. The SMILES string of the molecule is CC.CNc1nc2cccnc2s1. The molecule has 0 radical (unpaired) electrons. The van der Waals surface area contributed by atoms with E-state index in [2.05, 4.69) is 15.3 Å². The Morgan fingerprint density at radius 1 is 1.38 bits per heavy atom. The van der Waals surface area contributed by atoms with Gasteiger partial charge in [-0.2, -0.15) is 0 Å². The first-order valence-corrected chi connectivity index (χ1v) is 5.11. The Morgan fingerprint density at radius 3 is 2.77 bits per heavy atom. The van der Waals surface area contributed by atoms with Crippen molar-refractivity contribution < 1.29 is 0 Å². The van der Waals surface area contributed by atoms with Crippen LogP contribution in [0.5, 0.6) is 0 Å². The maximum Gasteiger partial charge on any atom is 0.185 e. The molecular formula is C9H13N3S. The molecule has 70 valence electrons. The number of pyridine rings is 1. The molecule has 0 spiro atoms. The van der Waals surface area contributed by atoms with Crippen molar-refractivity contribution in [3.05, 3.63) is 18.3 Å². The lowest BCUT2D eigenvalue weighted by atomic mass is 10.5. The molecule has 2 aromatic heterocycles. The Morgan fingerprint density at radius 2 is 2.15 bits per heavy atom. The molecule has 2 rings (SSSR count). The molecule has 0 aliphatic rings. The Labute approximate surface area is 81.8 Å². The predicted molar refractivity (Wildman–Crippen MR) is 58.3 cm³/mol. The molecule has 13 heavy (non-hydrogen) atoms. The molecule has 0 fully saturated rings. The first-order valence-electron chi connectivity index (χ1n) is 4.29.